The molecule has 0 aliphatic heterocycles. The van der Waals surface area contributed by atoms with Crippen LogP contribution in [-0.2, 0) is 6.42 Å². The van der Waals surface area contributed by atoms with Gasteiger partial charge in [-0.15, -0.1) is 12.6 Å². The van der Waals surface area contributed by atoms with Gasteiger partial charge in [0.1, 0.15) is 6.26 Å². The first-order valence-electron chi connectivity index (χ1n) is 2.92. The molecule has 10 heavy (non-hydrogen) atoms. The van der Waals surface area contributed by atoms with Gasteiger partial charge >= 0.3 is 0 Å². The third-order valence-electron chi connectivity index (χ3n) is 1.21. The van der Waals surface area contributed by atoms with Crippen LogP contribution >= 0.6 is 12.6 Å². The van der Waals surface area contributed by atoms with Crippen molar-refractivity contribution in [2.75, 3.05) is 0 Å². The lowest BCUT2D eigenvalue weighted by molar-refractivity contribution is 0.109. The van der Waals surface area contributed by atoms with Crippen LogP contribution < -0.4 is 0 Å². The van der Waals surface area contributed by atoms with Gasteiger partial charge in [-0.05, 0) is 6.42 Å². The molecule has 1 heterocycles. The maximum Gasteiger partial charge on any atom is 0.221 e. The summed E-state index contributed by atoms with van der Waals surface area (Å²) >= 11 is 3.64. The molecule has 0 aromatic carbocycles. The number of hydrogen-bond acceptors (Lipinski definition) is 3. The average molecular weight is 157 g/mol. The van der Waals surface area contributed by atoms with Crippen LogP contribution in [0.25, 0.3) is 0 Å². The van der Waals surface area contributed by atoms with Crippen LogP contribution in [0.15, 0.2) is 10.8 Å². The molecule has 4 heteroatoms. The molecule has 0 radical (unpaired) electrons. The first kappa shape index (κ1) is 7.34. The number of rotatable bonds is 2. The van der Waals surface area contributed by atoms with Crippen molar-refractivity contribution in [3.63, 3.8) is 0 Å². The smallest absolute Gasteiger partial charge is 0.221 e. The summed E-state index contributed by atoms with van der Waals surface area (Å²) in [6.07, 6.45) is 2.01. The highest BCUT2D eigenvalue weighted by Crippen LogP contribution is 2.09. The van der Waals surface area contributed by atoms with Crippen molar-refractivity contribution in [2.45, 2.75) is 13.3 Å². The fraction of sp³-hybridized carbons (Fsp3) is 0.333. The van der Waals surface area contributed by atoms with Gasteiger partial charge in [0, 0.05) is 0 Å². The van der Waals surface area contributed by atoms with Crippen LogP contribution in [0, 0.1) is 0 Å². The van der Waals surface area contributed by atoms with Gasteiger partial charge in [-0.3, -0.25) is 4.79 Å². The number of nitrogens with zero attached hydrogens (tertiary/aromatic N) is 1. The number of thiol groups is 1. The van der Waals surface area contributed by atoms with Crippen molar-refractivity contribution in [3.05, 3.63) is 17.5 Å². The van der Waals surface area contributed by atoms with E-state index in [0.717, 1.165) is 0 Å². The van der Waals surface area contributed by atoms with Gasteiger partial charge in [-0.1, -0.05) is 12.1 Å². The van der Waals surface area contributed by atoms with Crippen LogP contribution in [0.5, 0.6) is 0 Å². The van der Waals surface area contributed by atoms with Crippen molar-refractivity contribution in [1.29, 1.82) is 0 Å². The standard InChI is InChI=1S/C6H7NO2S/c1-2-5-4(6(8)10)3-9-7-5/h3H,2H2,1H3,(H,8,10). The second kappa shape index (κ2) is 2.88. The summed E-state index contributed by atoms with van der Waals surface area (Å²) in [5.74, 6) is 0. The van der Waals surface area contributed by atoms with Crippen LogP contribution in [0.3, 0.4) is 0 Å². The maximum atomic E-state index is 10.7. The molecular weight excluding hydrogens is 150 g/mol. The molecule has 0 saturated carbocycles. The third-order valence-corrected chi connectivity index (χ3v) is 1.45. The van der Waals surface area contributed by atoms with E-state index in [1.807, 2.05) is 6.92 Å². The lowest BCUT2D eigenvalue weighted by Crippen LogP contribution is -1.92. The molecule has 0 aliphatic rings. The van der Waals surface area contributed by atoms with E-state index in [0.29, 0.717) is 17.7 Å². The monoisotopic (exact) mass is 157 g/mol. The second-order valence-corrected chi connectivity index (χ2v) is 2.24. The Balaban J connectivity index is 3.01. The Bertz CT molecular complexity index is 244. The van der Waals surface area contributed by atoms with Gasteiger partial charge < -0.3 is 4.52 Å². The Morgan fingerprint density at radius 1 is 1.90 bits per heavy atom. The Morgan fingerprint density at radius 2 is 2.60 bits per heavy atom. The zero-order chi connectivity index (χ0) is 7.56. The van der Waals surface area contributed by atoms with E-state index in [9.17, 15) is 4.79 Å². The average Bonchev–Trinajstić information content (AvgIpc) is 2.33. The highest BCUT2D eigenvalue weighted by atomic mass is 32.1. The van der Waals surface area contributed by atoms with Crippen molar-refractivity contribution in [2.24, 2.45) is 0 Å². The molecule has 1 aromatic heterocycles. The topological polar surface area (TPSA) is 43.1 Å². The quantitative estimate of drug-likeness (QED) is 0.658. The molecule has 54 valence electrons. The number of carbonyl (C=O) groups excluding carboxylic acids is 1. The summed E-state index contributed by atoms with van der Waals surface area (Å²) < 4.78 is 4.58. The summed E-state index contributed by atoms with van der Waals surface area (Å²) in [5, 5.41) is 3.32. The SMILES string of the molecule is CCc1nocc1C(=O)S. The summed E-state index contributed by atoms with van der Waals surface area (Å²) in [6.45, 7) is 1.90. The van der Waals surface area contributed by atoms with Crippen molar-refractivity contribution in [1.82, 2.24) is 5.16 Å². The lowest BCUT2D eigenvalue weighted by Gasteiger charge is -1.87. The van der Waals surface area contributed by atoms with Gasteiger partial charge in [0.25, 0.3) is 0 Å². The number of carbonyl (C=O) groups is 1. The molecule has 0 aliphatic carbocycles. The zero-order valence-electron chi connectivity index (χ0n) is 5.50. The minimum absolute atomic E-state index is 0.293. The maximum absolute atomic E-state index is 10.7. The summed E-state index contributed by atoms with van der Waals surface area (Å²) in [7, 11) is 0. The summed E-state index contributed by atoms with van der Waals surface area (Å²) in [5.41, 5.74) is 1.13. The summed E-state index contributed by atoms with van der Waals surface area (Å²) in [4.78, 5) is 10.7. The van der Waals surface area contributed by atoms with Gasteiger partial charge in [0.2, 0.25) is 5.12 Å². The lowest BCUT2D eigenvalue weighted by atomic mass is 10.2. The molecule has 0 atom stereocenters. The van der Waals surface area contributed by atoms with Gasteiger partial charge in [-0.2, -0.15) is 0 Å². The molecule has 0 amide bonds. The Labute approximate surface area is 63.8 Å². The second-order valence-electron chi connectivity index (χ2n) is 1.83. The van der Waals surface area contributed by atoms with Crippen molar-refractivity contribution >= 4 is 17.7 Å². The molecule has 3 nitrogen and oxygen atoms in total. The number of aromatic nitrogens is 1. The van der Waals surface area contributed by atoms with E-state index in [4.69, 9.17) is 0 Å². The molecule has 0 saturated heterocycles. The third kappa shape index (κ3) is 1.21. The Kier molecular flexibility index (Phi) is 2.11. The Morgan fingerprint density at radius 3 is 3.00 bits per heavy atom. The molecule has 1 rings (SSSR count). The largest absolute Gasteiger partial charge is 0.364 e. The Hall–Kier alpha value is -0.770. The fourth-order valence-corrected chi connectivity index (χ4v) is 0.870. The van der Waals surface area contributed by atoms with E-state index in [1.54, 1.807) is 0 Å². The van der Waals surface area contributed by atoms with Crippen LogP contribution in [0.2, 0.25) is 0 Å². The molecule has 0 spiro atoms. The predicted molar refractivity (Wildman–Crippen MR) is 39.2 cm³/mol. The minimum atomic E-state index is -0.293. The van der Waals surface area contributed by atoms with E-state index >= 15 is 0 Å². The van der Waals surface area contributed by atoms with Crippen LogP contribution in [0.1, 0.15) is 23.0 Å². The van der Waals surface area contributed by atoms with E-state index in [-0.39, 0.29) is 5.12 Å². The molecule has 0 fully saturated rings. The van der Waals surface area contributed by atoms with E-state index in [2.05, 4.69) is 22.3 Å². The van der Waals surface area contributed by atoms with Crippen LogP contribution in [-0.4, -0.2) is 10.3 Å². The highest BCUT2D eigenvalue weighted by molar-refractivity contribution is 7.97. The fourth-order valence-electron chi connectivity index (χ4n) is 0.689. The van der Waals surface area contributed by atoms with Crippen molar-refractivity contribution < 1.29 is 9.32 Å². The van der Waals surface area contributed by atoms with Crippen molar-refractivity contribution in [3.8, 4) is 0 Å². The van der Waals surface area contributed by atoms with E-state index < -0.39 is 0 Å². The normalized spacial score (nSPS) is 9.80. The molecule has 1 aromatic rings. The zero-order valence-corrected chi connectivity index (χ0v) is 6.39. The number of hydrogen-bond donors (Lipinski definition) is 1. The minimum Gasteiger partial charge on any atom is -0.364 e. The molecule has 0 N–H and O–H groups in total. The molecule has 0 bridgehead atoms. The highest BCUT2D eigenvalue weighted by Gasteiger charge is 2.09. The first-order valence-corrected chi connectivity index (χ1v) is 3.37. The van der Waals surface area contributed by atoms with Crippen LogP contribution in [0.4, 0.5) is 0 Å². The molecular formula is C6H7NO2S. The summed E-state index contributed by atoms with van der Waals surface area (Å²) in [6, 6.07) is 0. The molecule has 0 unspecified atom stereocenters. The first-order chi connectivity index (χ1) is 4.75. The predicted octanol–water partition coefficient (Wildman–Crippen LogP) is 1.31. The van der Waals surface area contributed by atoms with Gasteiger partial charge in [-0.25, -0.2) is 0 Å². The van der Waals surface area contributed by atoms with E-state index in [1.165, 1.54) is 6.26 Å². The van der Waals surface area contributed by atoms with Gasteiger partial charge in [0.15, 0.2) is 0 Å². The van der Waals surface area contributed by atoms with Gasteiger partial charge in [0.05, 0.1) is 11.3 Å². The number of aryl methyl sites for hydroxylation is 1.